The van der Waals surface area contributed by atoms with Crippen LogP contribution in [0.2, 0.25) is 0 Å². The van der Waals surface area contributed by atoms with E-state index in [1.807, 2.05) is 0 Å². The van der Waals surface area contributed by atoms with E-state index in [2.05, 4.69) is 5.16 Å². The van der Waals surface area contributed by atoms with Gasteiger partial charge in [0.1, 0.15) is 18.1 Å². The zero-order valence-corrected chi connectivity index (χ0v) is 13.1. The molecule has 1 aromatic carbocycles. The van der Waals surface area contributed by atoms with Crippen LogP contribution in [0.4, 0.5) is 0 Å². The van der Waals surface area contributed by atoms with Gasteiger partial charge in [-0.25, -0.2) is 4.79 Å². The second kappa shape index (κ2) is 7.44. The van der Waals surface area contributed by atoms with E-state index in [4.69, 9.17) is 18.7 Å². The molecule has 0 atom stereocenters. The molecule has 23 heavy (non-hydrogen) atoms. The predicted octanol–water partition coefficient (Wildman–Crippen LogP) is 2.32. The number of methoxy groups -OCH3 is 1. The number of nitrogens with zero attached hydrogens (tertiary/aromatic N) is 1. The standard InChI is InChI=1S/C16H17NO6/c1-10-6-13(17-23-10)8-22-16(19)9-21-14-5-4-12(11(2)18)7-15(14)20-3/h4-7H,8-9H2,1-3H3. The topological polar surface area (TPSA) is 87.9 Å². The third-order valence-electron chi connectivity index (χ3n) is 2.97. The molecule has 1 heterocycles. The Balaban J connectivity index is 1.89. The third-order valence-corrected chi connectivity index (χ3v) is 2.97. The number of carbonyl (C=O) groups excluding carboxylic acids is 2. The van der Waals surface area contributed by atoms with Gasteiger partial charge in [0.2, 0.25) is 0 Å². The molecule has 0 spiro atoms. The lowest BCUT2D eigenvalue weighted by Crippen LogP contribution is -2.15. The zero-order chi connectivity index (χ0) is 16.8. The summed E-state index contributed by atoms with van der Waals surface area (Å²) in [6.07, 6.45) is 0. The molecular weight excluding hydrogens is 302 g/mol. The van der Waals surface area contributed by atoms with Gasteiger partial charge in [0.15, 0.2) is 23.9 Å². The average Bonchev–Trinajstić information content (AvgIpc) is 2.96. The fraction of sp³-hybridized carbons (Fsp3) is 0.312. The summed E-state index contributed by atoms with van der Waals surface area (Å²) in [6, 6.07) is 6.41. The Labute approximate surface area is 133 Å². The maximum atomic E-state index is 11.7. The van der Waals surface area contributed by atoms with E-state index in [9.17, 15) is 9.59 Å². The molecule has 0 aliphatic heterocycles. The van der Waals surface area contributed by atoms with Gasteiger partial charge in [-0.3, -0.25) is 4.79 Å². The van der Waals surface area contributed by atoms with Gasteiger partial charge in [0.05, 0.1) is 7.11 Å². The second-order valence-corrected chi connectivity index (χ2v) is 4.80. The first-order chi connectivity index (χ1) is 11.0. The van der Waals surface area contributed by atoms with Gasteiger partial charge in [-0.1, -0.05) is 5.16 Å². The summed E-state index contributed by atoms with van der Waals surface area (Å²) in [5.74, 6) is 0.729. The highest BCUT2D eigenvalue weighted by molar-refractivity contribution is 5.94. The van der Waals surface area contributed by atoms with Crippen molar-refractivity contribution < 1.29 is 28.3 Å². The number of hydrogen-bond acceptors (Lipinski definition) is 7. The summed E-state index contributed by atoms with van der Waals surface area (Å²) < 4.78 is 20.4. The van der Waals surface area contributed by atoms with Gasteiger partial charge in [0, 0.05) is 11.6 Å². The molecule has 2 aromatic rings. The summed E-state index contributed by atoms with van der Waals surface area (Å²) in [6.45, 7) is 2.93. The minimum absolute atomic E-state index is 0.0138. The van der Waals surface area contributed by atoms with Crippen LogP contribution in [0.3, 0.4) is 0 Å². The molecule has 0 radical (unpaired) electrons. The lowest BCUT2D eigenvalue weighted by atomic mass is 10.1. The normalized spacial score (nSPS) is 10.2. The van der Waals surface area contributed by atoms with Crippen molar-refractivity contribution in [3.8, 4) is 11.5 Å². The first-order valence-electron chi connectivity index (χ1n) is 6.89. The number of hydrogen-bond donors (Lipinski definition) is 0. The van der Waals surface area contributed by atoms with Crippen LogP contribution in [0.25, 0.3) is 0 Å². The number of carbonyl (C=O) groups is 2. The molecular formula is C16H17NO6. The molecule has 0 N–H and O–H groups in total. The number of aryl methyl sites for hydroxylation is 1. The van der Waals surface area contributed by atoms with Crippen molar-refractivity contribution in [2.24, 2.45) is 0 Å². The minimum Gasteiger partial charge on any atom is -0.493 e. The van der Waals surface area contributed by atoms with Gasteiger partial charge >= 0.3 is 5.97 Å². The number of rotatable bonds is 7. The Morgan fingerprint density at radius 2 is 2.00 bits per heavy atom. The second-order valence-electron chi connectivity index (χ2n) is 4.80. The Morgan fingerprint density at radius 1 is 1.22 bits per heavy atom. The molecule has 0 bridgehead atoms. The Bertz CT molecular complexity index is 706. The Morgan fingerprint density at radius 3 is 2.61 bits per heavy atom. The van der Waals surface area contributed by atoms with Crippen molar-refractivity contribution in [2.75, 3.05) is 13.7 Å². The van der Waals surface area contributed by atoms with E-state index >= 15 is 0 Å². The zero-order valence-electron chi connectivity index (χ0n) is 13.1. The molecule has 0 aliphatic rings. The monoisotopic (exact) mass is 319 g/mol. The molecule has 122 valence electrons. The number of benzene rings is 1. The summed E-state index contributed by atoms with van der Waals surface area (Å²) in [7, 11) is 1.46. The molecule has 0 saturated heterocycles. The number of aromatic nitrogens is 1. The molecule has 1 aromatic heterocycles. The van der Waals surface area contributed by atoms with E-state index < -0.39 is 5.97 Å². The van der Waals surface area contributed by atoms with Gasteiger partial charge in [-0.15, -0.1) is 0 Å². The van der Waals surface area contributed by atoms with Crippen molar-refractivity contribution in [1.82, 2.24) is 5.16 Å². The van der Waals surface area contributed by atoms with E-state index in [0.717, 1.165) is 0 Å². The van der Waals surface area contributed by atoms with Crippen LogP contribution in [-0.4, -0.2) is 30.6 Å². The van der Waals surface area contributed by atoms with Gasteiger partial charge < -0.3 is 18.7 Å². The highest BCUT2D eigenvalue weighted by Gasteiger charge is 2.12. The first kappa shape index (κ1) is 16.5. The van der Waals surface area contributed by atoms with E-state index in [-0.39, 0.29) is 19.0 Å². The van der Waals surface area contributed by atoms with Crippen LogP contribution in [0.15, 0.2) is 28.8 Å². The quantitative estimate of drug-likeness (QED) is 0.571. The fourth-order valence-corrected chi connectivity index (χ4v) is 1.82. The summed E-state index contributed by atoms with van der Waals surface area (Å²) in [5, 5.41) is 3.71. The van der Waals surface area contributed by atoms with E-state index in [1.54, 1.807) is 31.2 Å². The molecule has 7 nitrogen and oxygen atoms in total. The van der Waals surface area contributed by atoms with Gasteiger partial charge in [-0.2, -0.15) is 0 Å². The van der Waals surface area contributed by atoms with Crippen LogP contribution in [0.1, 0.15) is 28.7 Å². The van der Waals surface area contributed by atoms with Crippen molar-refractivity contribution in [2.45, 2.75) is 20.5 Å². The Kier molecular flexibility index (Phi) is 5.35. The molecule has 0 fully saturated rings. The predicted molar refractivity (Wildman–Crippen MR) is 79.5 cm³/mol. The minimum atomic E-state index is -0.552. The van der Waals surface area contributed by atoms with Crippen molar-refractivity contribution in [3.05, 3.63) is 41.3 Å². The molecule has 0 aliphatic carbocycles. The lowest BCUT2D eigenvalue weighted by Gasteiger charge is -2.11. The van der Waals surface area contributed by atoms with Crippen molar-refractivity contribution >= 4 is 11.8 Å². The summed E-state index contributed by atoms with van der Waals surface area (Å²) >= 11 is 0. The summed E-state index contributed by atoms with van der Waals surface area (Å²) in [5.41, 5.74) is 1.03. The van der Waals surface area contributed by atoms with E-state index in [1.165, 1.54) is 14.0 Å². The first-order valence-corrected chi connectivity index (χ1v) is 6.89. The highest BCUT2D eigenvalue weighted by atomic mass is 16.6. The fourth-order valence-electron chi connectivity index (χ4n) is 1.82. The van der Waals surface area contributed by atoms with Gasteiger partial charge in [0.25, 0.3) is 0 Å². The number of ketones is 1. The average molecular weight is 319 g/mol. The van der Waals surface area contributed by atoms with Crippen molar-refractivity contribution in [1.29, 1.82) is 0 Å². The van der Waals surface area contributed by atoms with Crippen LogP contribution < -0.4 is 9.47 Å². The smallest absolute Gasteiger partial charge is 0.344 e. The molecule has 2 rings (SSSR count). The number of ether oxygens (including phenoxy) is 3. The SMILES string of the molecule is COc1cc(C(C)=O)ccc1OCC(=O)OCc1cc(C)on1. The van der Waals surface area contributed by atoms with Gasteiger partial charge in [-0.05, 0) is 32.0 Å². The molecule has 7 heteroatoms. The van der Waals surface area contributed by atoms with Crippen LogP contribution in [0, 0.1) is 6.92 Å². The maximum absolute atomic E-state index is 11.7. The largest absolute Gasteiger partial charge is 0.493 e. The van der Waals surface area contributed by atoms with Crippen LogP contribution in [-0.2, 0) is 16.1 Å². The maximum Gasteiger partial charge on any atom is 0.344 e. The van der Waals surface area contributed by atoms with Crippen LogP contribution in [0.5, 0.6) is 11.5 Å². The highest BCUT2D eigenvalue weighted by Crippen LogP contribution is 2.28. The third kappa shape index (κ3) is 4.57. The van der Waals surface area contributed by atoms with E-state index in [0.29, 0.717) is 28.5 Å². The molecule has 0 unspecified atom stereocenters. The summed E-state index contributed by atoms with van der Waals surface area (Å²) in [4.78, 5) is 23.0. The Hall–Kier alpha value is -2.83. The molecule has 0 amide bonds. The van der Waals surface area contributed by atoms with Crippen LogP contribution >= 0.6 is 0 Å². The number of esters is 1. The lowest BCUT2D eigenvalue weighted by molar-refractivity contribution is -0.147. The van der Waals surface area contributed by atoms with Crippen molar-refractivity contribution in [3.63, 3.8) is 0 Å². The molecule has 0 saturated carbocycles. The number of Topliss-reactive ketones (excluding diaryl/α,β-unsaturated/α-hetero) is 1.